The summed E-state index contributed by atoms with van der Waals surface area (Å²) in [5, 5.41) is 12.3. The number of amides is 1. The van der Waals surface area contributed by atoms with E-state index in [1.165, 1.54) is 30.4 Å². The van der Waals surface area contributed by atoms with Crippen molar-refractivity contribution in [3.63, 3.8) is 0 Å². The van der Waals surface area contributed by atoms with Gasteiger partial charge in [0.1, 0.15) is 23.9 Å². The molecule has 0 bridgehead atoms. The van der Waals surface area contributed by atoms with Gasteiger partial charge in [-0.25, -0.2) is 14.2 Å². The van der Waals surface area contributed by atoms with Crippen molar-refractivity contribution in [1.29, 1.82) is 0 Å². The molecule has 3 rings (SSSR count). The summed E-state index contributed by atoms with van der Waals surface area (Å²) in [4.78, 5) is 41.0. The number of aliphatic carboxylic acids is 1. The second-order valence-electron chi connectivity index (χ2n) is 9.07. The van der Waals surface area contributed by atoms with Crippen LogP contribution in [0.2, 0.25) is 10.0 Å². The minimum atomic E-state index is -1.24. The fourth-order valence-electron chi connectivity index (χ4n) is 3.40. The zero-order valence-corrected chi connectivity index (χ0v) is 25.9. The fourth-order valence-corrected chi connectivity index (χ4v) is 5.13. The van der Waals surface area contributed by atoms with Crippen molar-refractivity contribution in [2.24, 2.45) is 5.92 Å². The maximum absolute atomic E-state index is 14.8. The lowest BCUT2D eigenvalue weighted by Crippen LogP contribution is -2.39. The zero-order valence-electron chi connectivity index (χ0n) is 22.8. The first kappa shape index (κ1) is 33.2. The number of carbonyl (C=O) groups excluding carboxylic acids is 2. The summed E-state index contributed by atoms with van der Waals surface area (Å²) in [5.74, 6) is -2.36. The number of benzene rings is 2. The smallest absolute Gasteiger partial charge is 0.413 e. The Morgan fingerprint density at radius 2 is 1.90 bits per heavy atom. The van der Waals surface area contributed by atoms with Crippen LogP contribution in [-0.2, 0) is 25.5 Å². The van der Waals surface area contributed by atoms with Crippen molar-refractivity contribution in [2.45, 2.75) is 44.8 Å². The third-order valence-corrected chi connectivity index (χ3v) is 7.56. The minimum Gasteiger partial charge on any atom is -0.480 e. The van der Waals surface area contributed by atoms with Gasteiger partial charge in [-0.1, -0.05) is 37.0 Å². The Morgan fingerprint density at radius 1 is 1.14 bits per heavy atom. The largest absolute Gasteiger partial charge is 0.480 e. The number of aromatic nitrogens is 1. The lowest BCUT2D eigenvalue weighted by Gasteiger charge is -2.23. The first-order chi connectivity index (χ1) is 19.9. The molecule has 0 radical (unpaired) electrons. The molecule has 2 N–H and O–H groups in total. The van der Waals surface area contributed by atoms with Crippen LogP contribution in [0.5, 0.6) is 11.5 Å². The first-order valence-corrected chi connectivity index (χ1v) is 15.0. The molecule has 1 heterocycles. The van der Waals surface area contributed by atoms with Gasteiger partial charge in [0.25, 0.3) is 0 Å². The topological polar surface area (TPSA) is 127 Å². The fraction of sp³-hybridized carbons (Fsp3) is 0.333. The monoisotopic (exact) mass is 659 g/mol. The van der Waals surface area contributed by atoms with Crippen LogP contribution >= 0.6 is 46.5 Å². The van der Waals surface area contributed by atoms with Gasteiger partial charge in [-0.2, -0.15) is 0 Å². The van der Waals surface area contributed by atoms with Gasteiger partial charge < -0.3 is 24.0 Å². The Kier molecular flexibility index (Phi) is 12.5. The molecule has 0 aliphatic rings. The Bertz CT molecular complexity index is 1400. The van der Waals surface area contributed by atoms with Crippen LogP contribution in [0, 0.1) is 11.7 Å². The first-order valence-electron chi connectivity index (χ1n) is 12.6. The van der Waals surface area contributed by atoms with E-state index in [1.54, 1.807) is 43.6 Å². The van der Waals surface area contributed by atoms with Gasteiger partial charge in [-0.05, 0) is 54.6 Å². The maximum Gasteiger partial charge on any atom is 0.413 e. The predicted octanol–water partition coefficient (Wildman–Crippen LogP) is 7.50. The Hall–Kier alpha value is -3.26. The molecule has 15 heteroatoms. The molecule has 0 saturated carbocycles. The number of thiazole rings is 1. The number of anilines is 1. The van der Waals surface area contributed by atoms with Crippen molar-refractivity contribution in [3.05, 3.63) is 63.3 Å². The Labute approximate surface area is 260 Å². The average molecular weight is 661 g/mol. The van der Waals surface area contributed by atoms with Crippen molar-refractivity contribution >= 4 is 69.6 Å². The zero-order chi connectivity index (χ0) is 30.8. The second kappa shape index (κ2) is 15.8. The van der Waals surface area contributed by atoms with Gasteiger partial charge in [0.2, 0.25) is 6.29 Å². The minimum absolute atomic E-state index is 0.00463. The van der Waals surface area contributed by atoms with E-state index in [0.717, 1.165) is 16.8 Å². The third kappa shape index (κ3) is 10.2. The number of carboxylic acid groups (broad SMARTS) is 1. The quantitative estimate of drug-likeness (QED) is 0.102. The van der Waals surface area contributed by atoms with Crippen LogP contribution in [-0.4, -0.2) is 52.4 Å². The van der Waals surface area contributed by atoms with Gasteiger partial charge >= 0.3 is 18.0 Å². The van der Waals surface area contributed by atoms with Crippen molar-refractivity contribution in [3.8, 4) is 11.5 Å². The normalized spacial score (nSPS) is 11.6. The lowest BCUT2D eigenvalue weighted by molar-refractivity contribution is -0.170. The highest BCUT2D eigenvalue weighted by Crippen LogP contribution is 2.37. The molecule has 1 amide bonds. The van der Waals surface area contributed by atoms with E-state index < -0.39 is 42.6 Å². The molecule has 2 aromatic carbocycles. The number of aryl methyl sites for hydroxylation is 1. The van der Waals surface area contributed by atoms with Crippen LogP contribution in [0.3, 0.4) is 0 Å². The number of esters is 1. The van der Waals surface area contributed by atoms with Crippen molar-refractivity contribution < 1.29 is 38.1 Å². The van der Waals surface area contributed by atoms with E-state index in [4.69, 9.17) is 37.4 Å². The van der Waals surface area contributed by atoms with Crippen LogP contribution in [0.4, 0.5) is 14.3 Å². The molecule has 10 nitrogen and oxygen atoms in total. The molecule has 1 atom stereocenters. The SMILES string of the molecule is CC(OC(=O)C(C)C)OC(=O)N(CCCc1cc(Cl)ccc1Oc1cc(F)c(SNc2nccs2)cc1Cl)CC(=O)O. The van der Waals surface area contributed by atoms with Crippen LogP contribution < -0.4 is 9.46 Å². The van der Waals surface area contributed by atoms with E-state index >= 15 is 0 Å². The Balaban J connectivity index is 1.66. The molecule has 0 aliphatic heterocycles. The summed E-state index contributed by atoms with van der Waals surface area (Å²) in [6.07, 6.45) is 0.0753. The molecule has 3 aromatic rings. The highest BCUT2D eigenvalue weighted by atomic mass is 35.5. The number of halogens is 3. The average Bonchev–Trinajstić information content (AvgIpc) is 3.44. The van der Waals surface area contributed by atoms with E-state index in [1.807, 2.05) is 0 Å². The van der Waals surface area contributed by atoms with E-state index in [0.29, 0.717) is 34.3 Å². The summed E-state index contributed by atoms with van der Waals surface area (Å²) >= 11 is 15.0. The lowest BCUT2D eigenvalue weighted by atomic mass is 10.1. The molecule has 0 fully saturated rings. The summed E-state index contributed by atoms with van der Waals surface area (Å²) in [5.41, 5.74) is 0.616. The van der Waals surface area contributed by atoms with E-state index in [-0.39, 0.29) is 22.2 Å². The summed E-state index contributed by atoms with van der Waals surface area (Å²) in [7, 11) is 0. The molecule has 1 aromatic heterocycles. The number of carboxylic acids is 1. The second-order valence-corrected chi connectivity index (χ2v) is 11.7. The highest BCUT2D eigenvalue weighted by molar-refractivity contribution is 8.00. The predicted molar refractivity (Wildman–Crippen MR) is 159 cm³/mol. The Morgan fingerprint density at radius 3 is 2.57 bits per heavy atom. The molecule has 0 spiro atoms. The van der Waals surface area contributed by atoms with Gasteiger partial charge in [-0.15, -0.1) is 11.3 Å². The highest BCUT2D eigenvalue weighted by Gasteiger charge is 2.23. The third-order valence-electron chi connectivity index (χ3n) is 5.39. The number of hydrogen-bond acceptors (Lipinski definition) is 10. The van der Waals surface area contributed by atoms with Crippen LogP contribution in [0.25, 0.3) is 0 Å². The molecule has 42 heavy (non-hydrogen) atoms. The van der Waals surface area contributed by atoms with Gasteiger partial charge in [0, 0.05) is 36.1 Å². The van der Waals surface area contributed by atoms with Gasteiger partial charge in [0.05, 0.1) is 15.8 Å². The summed E-state index contributed by atoms with van der Waals surface area (Å²) in [6, 6.07) is 7.45. The standard InChI is InChI=1S/C27H28Cl2FN3O7S2/c1-15(2)25(36)38-16(3)39-27(37)33(14-24(34)35)9-4-5-17-11-18(28)6-7-21(17)40-22-13-20(30)23(12-19(22)29)42-32-26-31-8-10-41-26/h6-8,10-13,15-16H,4-5,9,14H2,1-3H3,(H,31,32)(H,34,35). The summed E-state index contributed by atoms with van der Waals surface area (Å²) < 4.78 is 33.8. The molecule has 226 valence electrons. The molecular formula is C27H28Cl2FN3O7S2. The maximum atomic E-state index is 14.8. The molecule has 1 unspecified atom stereocenters. The number of ether oxygens (including phenoxy) is 3. The van der Waals surface area contributed by atoms with Crippen LogP contribution in [0.1, 0.15) is 32.8 Å². The molecule has 0 saturated heterocycles. The number of rotatable bonds is 14. The number of hydrogen-bond donors (Lipinski definition) is 2. The number of carbonyl (C=O) groups is 3. The van der Waals surface area contributed by atoms with Gasteiger partial charge in [-0.3, -0.25) is 14.5 Å². The molecule has 0 aliphatic carbocycles. The van der Waals surface area contributed by atoms with Crippen LogP contribution in [0.15, 0.2) is 46.8 Å². The van der Waals surface area contributed by atoms with Gasteiger partial charge in [0.15, 0.2) is 5.13 Å². The van der Waals surface area contributed by atoms with Crippen molar-refractivity contribution in [1.82, 2.24) is 9.88 Å². The number of nitrogens with one attached hydrogen (secondary N) is 1. The summed E-state index contributed by atoms with van der Waals surface area (Å²) in [6.45, 7) is 3.99. The molecular weight excluding hydrogens is 632 g/mol. The number of nitrogens with zero attached hydrogens (tertiary/aromatic N) is 2. The van der Waals surface area contributed by atoms with E-state index in [9.17, 15) is 23.9 Å². The van der Waals surface area contributed by atoms with Crippen molar-refractivity contribution in [2.75, 3.05) is 17.8 Å². The van der Waals surface area contributed by atoms with E-state index in [2.05, 4.69) is 9.71 Å².